The maximum absolute atomic E-state index is 5.43. The predicted molar refractivity (Wildman–Crippen MR) is 52.1 cm³/mol. The Morgan fingerprint density at radius 3 is 2.25 bits per heavy atom. The van der Waals surface area contributed by atoms with Gasteiger partial charge in [0.2, 0.25) is 0 Å². The molecule has 1 radical (unpaired) electrons. The normalized spacial score (nSPS) is 9.58. The Balaban J connectivity index is 0.00000121. The van der Waals surface area contributed by atoms with Crippen LogP contribution < -0.4 is 0 Å². The Bertz CT molecular complexity index is 196. The van der Waals surface area contributed by atoms with Crippen molar-refractivity contribution in [2.24, 2.45) is 0 Å². The van der Waals surface area contributed by atoms with Crippen molar-refractivity contribution < 1.29 is 4.74 Å². The van der Waals surface area contributed by atoms with Gasteiger partial charge in [0.05, 0.1) is 12.7 Å². The van der Waals surface area contributed by atoms with Crippen molar-refractivity contribution in [2.75, 3.05) is 0 Å². The average molecular weight is 157 g/mol. The largest absolute Gasteiger partial charge is 0.374 e. The van der Waals surface area contributed by atoms with Gasteiger partial charge in [0.25, 0.3) is 0 Å². The van der Waals surface area contributed by atoms with Gasteiger partial charge in [-0.15, -0.1) is 0 Å². The minimum atomic E-state index is 0. The van der Waals surface area contributed by atoms with Crippen LogP contribution in [0.5, 0.6) is 0 Å². The van der Waals surface area contributed by atoms with Crippen LogP contribution in [0.2, 0.25) is 0 Å². The van der Waals surface area contributed by atoms with E-state index < -0.39 is 0 Å². The van der Waals surface area contributed by atoms with Crippen molar-refractivity contribution in [1.29, 1.82) is 0 Å². The summed E-state index contributed by atoms with van der Waals surface area (Å²) in [6.07, 6.45) is 0.315. The standard InChI is InChI=1S/C10H14O.Li/c1-9(2)11-8-10-6-4-3-5-7-10;/h3-7,9H,8H2,1-2H3;. The Labute approximate surface area is 86.3 Å². The summed E-state index contributed by atoms with van der Waals surface area (Å²) in [4.78, 5) is 0. The van der Waals surface area contributed by atoms with Crippen LogP contribution in [-0.2, 0) is 11.3 Å². The van der Waals surface area contributed by atoms with Gasteiger partial charge < -0.3 is 4.74 Å². The van der Waals surface area contributed by atoms with Gasteiger partial charge in [-0.1, -0.05) is 30.3 Å². The van der Waals surface area contributed by atoms with E-state index in [4.69, 9.17) is 4.74 Å². The van der Waals surface area contributed by atoms with Crippen LogP contribution in [0.25, 0.3) is 0 Å². The molecular weight excluding hydrogens is 143 g/mol. The minimum absolute atomic E-state index is 0. The Morgan fingerprint density at radius 2 is 1.75 bits per heavy atom. The summed E-state index contributed by atoms with van der Waals surface area (Å²) in [5.41, 5.74) is 1.24. The van der Waals surface area contributed by atoms with E-state index in [1.165, 1.54) is 5.56 Å². The molecule has 0 unspecified atom stereocenters. The van der Waals surface area contributed by atoms with Gasteiger partial charge in [-0.2, -0.15) is 0 Å². The smallest absolute Gasteiger partial charge is 0.0720 e. The summed E-state index contributed by atoms with van der Waals surface area (Å²) < 4.78 is 5.43. The van der Waals surface area contributed by atoms with Crippen LogP contribution in [0.4, 0.5) is 0 Å². The van der Waals surface area contributed by atoms with Gasteiger partial charge in [0.15, 0.2) is 0 Å². The third-order valence-electron chi connectivity index (χ3n) is 1.43. The summed E-state index contributed by atoms with van der Waals surface area (Å²) in [6.45, 7) is 4.81. The molecule has 0 amide bonds. The molecule has 0 atom stereocenters. The van der Waals surface area contributed by atoms with Gasteiger partial charge in [0, 0.05) is 18.9 Å². The van der Waals surface area contributed by atoms with Crippen molar-refractivity contribution >= 4 is 18.9 Å². The van der Waals surface area contributed by atoms with Crippen molar-refractivity contribution in [3.63, 3.8) is 0 Å². The van der Waals surface area contributed by atoms with Gasteiger partial charge in [0.1, 0.15) is 0 Å². The third kappa shape index (κ3) is 4.61. The van der Waals surface area contributed by atoms with E-state index in [1.807, 2.05) is 32.0 Å². The quantitative estimate of drug-likeness (QED) is 0.611. The first-order valence-electron chi connectivity index (χ1n) is 3.94. The van der Waals surface area contributed by atoms with Crippen molar-refractivity contribution in [3.05, 3.63) is 35.9 Å². The number of benzene rings is 1. The van der Waals surface area contributed by atoms with E-state index in [-0.39, 0.29) is 18.9 Å². The Hall–Kier alpha value is -0.223. The summed E-state index contributed by atoms with van der Waals surface area (Å²) in [5.74, 6) is 0. The number of hydrogen-bond acceptors (Lipinski definition) is 1. The first-order valence-corrected chi connectivity index (χ1v) is 3.94. The fourth-order valence-electron chi connectivity index (χ4n) is 0.837. The van der Waals surface area contributed by atoms with Gasteiger partial charge in [-0.3, -0.25) is 0 Å². The maximum Gasteiger partial charge on any atom is 0.0720 e. The summed E-state index contributed by atoms with van der Waals surface area (Å²) >= 11 is 0. The van der Waals surface area contributed by atoms with Gasteiger partial charge in [-0.25, -0.2) is 0 Å². The zero-order valence-corrected chi connectivity index (χ0v) is 8.08. The predicted octanol–water partition coefficient (Wildman–Crippen LogP) is 2.23. The molecule has 0 heterocycles. The molecule has 1 nitrogen and oxygen atoms in total. The minimum Gasteiger partial charge on any atom is -0.374 e. The van der Waals surface area contributed by atoms with Gasteiger partial charge >= 0.3 is 0 Å². The number of rotatable bonds is 3. The molecule has 12 heavy (non-hydrogen) atoms. The van der Waals surface area contributed by atoms with Crippen molar-refractivity contribution in [3.8, 4) is 0 Å². The molecule has 1 aromatic carbocycles. The van der Waals surface area contributed by atoms with E-state index in [0.29, 0.717) is 6.10 Å². The van der Waals surface area contributed by atoms with E-state index in [2.05, 4.69) is 12.1 Å². The van der Waals surface area contributed by atoms with E-state index >= 15 is 0 Å². The fourth-order valence-corrected chi connectivity index (χ4v) is 0.837. The summed E-state index contributed by atoms with van der Waals surface area (Å²) in [7, 11) is 0. The molecule has 0 N–H and O–H groups in total. The molecule has 61 valence electrons. The maximum atomic E-state index is 5.43. The van der Waals surface area contributed by atoms with Crippen LogP contribution >= 0.6 is 0 Å². The zero-order chi connectivity index (χ0) is 8.10. The van der Waals surface area contributed by atoms with E-state index in [0.717, 1.165) is 6.61 Å². The van der Waals surface area contributed by atoms with E-state index in [9.17, 15) is 0 Å². The van der Waals surface area contributed by atoms with Crippen LogP contribution in [0.15, 0.2) is 30.3 Å². The molecule has 1 aromatic rings. The molecule has 0 aliphatic heterocycles. The number of hydrogen-bond donors (Lipinski definition) is 0. The van der Waals surface area contributed by atoms with Crippen LogP contribution in [0.1, 0.15) is 19.4 Å². The molecule has 2 heteroatoms. The van der Waals surface area contributed by atoms with Crippen LogP contribution in [0.3, 0.4) is 0 Å². The monoisotopic (exact) mass is 157 g/mol. The summed E-state index contributed by atoms with van der Waals surface area (Å²) in [5, 5.41) is 0. The molecule has 0 saturated carbocycles. The molecule has 0 aliphatic carbocycles. The molecule has 1 rings (SSSR count). The Morgan fingerprint density at radius 1 is 1.17 bits per heavy atom. The molecule has 0 aromatic heterocycles. The second-order valence-electron chi connectivity index (χ2n) is 2.85. The SMILES string of the molecule is CC(C)OCc1ccccc1.[Li]. The molecule has 0 spiro atoms. The van der Waals surface area contributed by atoms with Crippen molar-refractivity contribution in [2.45, 2.75) is 26.6 Å². The average Bonchev–Trinajstić information content (AvgIpc) is 2.03. The Kier molecular flexibility index (Phi) is 6.19. The van der Waals surface area contributed by atoms with Gasteiger partial charge in [-0.05, 0) is 19.4 Å². The fraction of sp³-hybridized carbons (Fsp3) is 0.400. The topological polar surface area (TPSA) is 9.23 Å². The summed E-state index contributed by atoms with van der Waals surface area (Å²) in [6, 6.07) is 10.2. The zero-order valence-electron chi connectivity index (χ0n) is 8.08. The molecular formula is C10H14LiO. The number of ether oxygens (including phenoxy) is 1. The van der Waals surface area contributed by atoms with Crippen LogP contribution in [0, 0.1) is 0 Å². The molecule has 0 aliphatic rings. The molecule has 0 saturated heterocycles. The van der Waals surface area contributed by atoms with Crippen molar-refractivity contribution in [1.82, 2.24) is 0 Å². The molecule has 0 bridgehead atoms. The van der Waals surface area contributed by atoms with Crippen LogP contribution in [-0.4, -0.2) is 25.0 Å². The second-order valence-corrected chi connectivity index (χ2v) is 2.85. The van der Waals surface area contributed by atoms with E-state index in [1.54, 1.807) is 0 Å². The third-order valence-corrected chi connectivity index (χ3v) is 1.43. The second kappa shape index (κ2) is 6.31. The first-order chi connectivity index (χ1) is 5.29. The molecule has 0 fully saturated rings. The first kappa shape index (κ1) is 11.8.